The molecule has 0 spiro atoms. The predicted octanol–water partition coefficient (Wildman–Crippen LogP) is 3.06. The number of benzene rings is 1. The number of fused-ring (bicyclic) bond motifs is 1. The molecule has 0 saturated heterocycles. The van der Waals surface area contributed by atoms with Crippen LogP contribution in [0.2, 0.25) is 0 Å². The number of hydrogen-bond donors (Lipinski definition) is 1. The van der Waals surface area contributed by atoms with Crippen LogP contribution in [0.4, 0.5) is 5.82 Å². The Morgan fingerprint density at radius 2 is 1.81 bits per heavy atom. The highest BCUT2D eigenvalue weighted by atomic mass is 16.4. The van der Waals surface area contributed by atoms with Crippen LogP contribution >= 0.6 is 0 Å². The Kier molecular flexibility index (Phi) is 3.51. The normalized spacial score (nSPS) is 11.2. The van der Waals surface area contributed by atoms with E-state index in [9.17, 15) is 0 Å². The van der Waals surface area contributed by atoms with E-state index < -0.39 is 0 Å². The van der Waals surface area contributed by atoms with Gasteiger partial charge in [-0.05, 0) is 5.92 Å². The number of nitrogens with one attached hydrogen (secondary N) is 1. The summed E-state index contributed by atoms with van der Waals surface area (Å²) in [6.07, 6.45) is 0. The first-order valence-electron chi connectivity index (χ1n) is 6.95. The van der Waals surface area contributed by atoms with Crippen LogP contribution < -0.4 is 5.32 Å². The average molecular weight is 283 g/mol. The van der Waals surface area contributed by atoms with Gasteiger partial charge in [0.25, 0.3) is 5.89 Å². The lowest BCUT2D eigenvalue weighted by Gasteiger charge is -2.11. The molecule has 108 valence electrons. The van der Waals surface area contributed by atoms with E-state index in [-0.39, 0.29) is 0 Å². The third kappa shape index (κ3) is 2.69. The van der Waals surface area contributed by atoms with E-state index >= 15 is 0 Å². The number of aryl methyl sites for hydroxylation is 1. The second-order valence-electron chi connectivity index (χ2n) is 5.34. The smallest absolute Gasteiger partial charge is 0.268 e. The van der Waals surface area contributed by atoms with E-state index in [1.54, 1.807) is 6.92 Å². The Balaban J connectivity index is 2.10. The zero-order valence-electron chi connectivity index (χ0n) is 12.3. The zero-order valence-corrected chi connectivity index (χ0v) is 12.3. The molecule has 0 amide bonds. The molecule has 1 N–H and O–H groups in total. The van der Waals surface area contributed by atoms with Crippen LogP contribution in [-0.2, 0) is 0 Å². The molecule has 6 nitrogen and oxygen atoms in total. The number of anilines is 1. The highest BCUT2D eigenvalue weighted by Gasteiger charge is 2.15. The summed E-state index contributed by atoms with van der Waals surface area (Å²) in [7, 11) is 0. The maximum Gasteiger partial charge on any atom is 0.268 e. The van der Waals surface area contributed by atoms with Gasteiger partial charge in [0.2, 0.25) is 5.89 Å². The number of aromatic nitrogens is 4. The fourth-order valence-corrected chi connectivity index (χ4v) is 2.09. The monoisotopic (exact) mass is 283 g/mol. The van der Waals surface area contributed by atoms with Gasteiger partial charge in [-0.2, -0.15) is 0 Å². The first-order valence-corrected chi connectivity index (χ1v) is 6.95. The molecule has 2 aromatic heterocycles. The SMILES string of the molecule is Cc1nnc(-c2nnc(NCC(C)C)c3ccccc23)o1. The van der Waals surface area contributed by atoms with E-state index in [0.717, 1.165) is 23.1 Å². The summed E-state index contributed by atoms with van der Waals surface area (Å²) >= 11 is 0. The van der Waals surface area contributed by atoms with Crippen LogP contribution in [-0.4, -0.2) is 26.9 Å². The highest BCUT2D eigenvalue weighted by molar-refractivity contribution is 5.98. The molecule has 21 heavy (non-hydrogen) atoms. The van der Waals surface area contributed by atoms with E-state index in [2.05, 4.69) is 39.6 Å². The topological polar surface area (TPSA) is 76.7 Å². The molecule has 3 aromatic rings. The molecule has 0 aliphatic rings. The summed E-state index contributed by atoms with van der Waals surface area (Å²) in [5.74, 6) is 2.22. The minimum Gasteiger partial charge on any atom is -0.420 e. The third-order valence-corrected chi connectivity index (χ3v) is 3.09. The number of nitrogens with zero attached hydrogens (tertiary/aromatic N) is 4. The summed E-state index contributed by atoms with van der Waals surface area (Å²) in [6, 6.07) is 7.94. The van der Waals surface area contributed by atoms with Crippen molar-refractivity contribution in [3.05, 3.63) is 30.2 Å². The maximum absolute atomic E-state index is 5.47. The predicted molar refractivity (Wildman–Crippen MR) is 80.9 cm³/mol. The van der Waals surface area contributed by atoms with Crippen LogP contribution in [0, 0.1) is 12.8 Å². The van der Waals surface area contributed by atoms with Crippen molar-refractivity contribution < 1.29 is 4.42 Å². The second-order valence-corrected chi connectivity index (χ2v) is 5.34. The van der Waals surface area contributed by atoms with Gasteiger partial charge >= 0.3 is 0 Å². The van der Waals surface area contributed by atoms with Gasteiger partial charge in [-0.25, -0.2) is 0 Å². The first kappa shape index (κ1) is 13.5. The molecule has 2 heterocycles. The lowest BCUT2D eigenvalue weighted by atomic mass is 10.1. The average Bonchev–Trinajstić information content (AvgIpc) is 2.91. The molecule has 0 saturated carbocycles. The quantitative estimate of drug-likeness (QED) is 0.793. The number of rotatable bonds is 4. The highest BCUT2D eigenvalue weighted by Crippen LogP contribution is 2.28. The molecule has 0 atom stereocenters. The van der Waals surface area contributed by atoms with Gasteiger partial charge in [0.15, 0.2) is 11.5 Å². The third-order valence-electron chi connectivity index (χ3n) is 3.09. The fourth-order valence-electron chi connectivity index (χ4n) is 2.09. The van der Waals surface area contributed by atoms with Crippen LogP contribution in [0.1, 0.15) is 19.7 Å². The first-order chi connectivity index (χ1) is 10.1. The van der Waals surface area contributed by atoms with Gasteiger partial charge in [-0.15, -0.1) is 20.4 Å². The van der Waals surface area contributed by atoms with Crippen molar-refractivity contribution in [1.29, 1.82) is 0 Å². The Morgan fingerprint density at radius 3 is 2.48 bits per heavy atom. The second kappa shape index (κ2) is 5.47. The molecular formula is C15H17N5O. The minimum absolute atomic E-state index is 0.395. The van der Waals surface area contributed by atoms with Crippen molar-refractivity contribution in [2.75, 3.05) is 11.9 Å². The molecule has 3 rings (SSSR count). The molecule has 0 fully saturated rings. The molecule has 6 heteroatoms. The van der Waals surface area contributed by atoms with Crippen LogP contribution in [0.5, 0.6) is 0 Å². The van der Waals surface area contributed by atoms with E-state index in [1.165, 1.54) is 0 Å². The van der Waals surface area contributed by atoms with Gasteiger partial charge in [-0.3, -0.25) is 0 Å². The fraction of sp³-hybridized carbons (Fsp3) is 0.333. The van der Waals surface area contributed by atoms with Crippen LogP contribution in [0.3, 0.4) is 0 Å². The van der Waals surface area contributed by atoms with E-state index in [4.69, 9.17) is 4.42 Å². The van der Waals surface area contributed by atoms with Crippen molar-refractivity contribution in [3.8, 4) is 11.6 Å². The standard InChI is InChI=1S/C15H17N5O/c1-9(2)8-16-14-12-7-5-4-6-11(12)13(18-19-14)15-20-17-10(3)21-15/h4-7,9H,8H2,1-3H3,(H,16,19). The Morgan fingerprint density at radius 1 is 1.05 bits per heavy atom. The lowest BCUT2D eigenvalue weighted by Crippen LogP contribution is -2.10. The molecule has 0 unspecified atom stereocenters. The van der Waals surface area contributed by atoms with E-state index in [1.807, 2.05) is 24.3 Å². The van der Waals surface area contributed by atoms with Gasteiger partial charge in [0, 0.05) is 24.2 Å². The molecule has 0 aliphatic heterocycles. The molecule has 0 aliphatic carbocycles. The van der Waals surface area contributed by atoms with Gasteiger partial charge in [-0.1, -0.05) is 38.1 Å². The van der Waals surface area contributed by atoms with Crippen molar-refractivity contribution in [1.82, 2.24) is 20.4 Å². The molecule has 1 aromatic carbocycles. The summed E-state index contributed by atoms with van der Waals surface area (Å²) < 4.78 is 5.47. The Bertz CT molecular complexity index is 766. The van der Waals surface area contributed by atoms with E-state index in [0.29, 0.717) is 23.4 Å². The van der Waals surface area contributed by atoms with Crippen molar-refractivity contribution in [2.24, 2.45) is 5.92 Å². The summed E-state index contributed by atoms with van der Waals surface area (Å²) in [6.45, 7) is 6.90. The van der Waals surface area contributed by atoms with Crippen molar-refractivity contribution in [2.45, 2.75) is 20.8 Å². The summed E-state index contributed by atoms with van der Waals surface area (Å²) in [5, 5.41) is 21.7. The zero-order chi connectivity index (χ0) is 14.8. The number of hydrogen-bond acceptors (Lipinski definition) is 6. The maximum atomic E-state index is 5.47. The molecular weight excluding hydrogens is 266 g/mol. The lowest BCUT2D eigenvalue weighted by molar-refractivity contribution is 0.531. The molecule has 0 radical (unpaired) electrons. The minimum atomic E-state index is 0.395. The summed E-state index contributed by atoms with van der Waals surface area (Å²) in [4.78, 5) is 0. The molecule has 0 bridgehead atoms. The largest absolute Gasteiger partial charge is 0.420 e. The Labute approximate surface area is 122 Å². The van der Waals surface area contributed by atoms with Crippen molar-refractivity contribution in [3.63, 3.8) is 0 Å². The van der Waals surface area contributed by atoms with Gasteiger partial charge < -0.3 is 9.73 Å². The van der Waals surface area contributed by atoms with Gasteiger partial charge in [0.1, 0.15) is 0 Å². The Hall–Kier alpha value is -2.50. The summed E-state index contributed by atoms with van der Waals surface area (Å²) in [5.41, 5.74) is 0.612. The van der Waals surface area contributed by atoms with Crippen LogP contribution in [0.15, 0.2) is 28.7 Å². The van der Waals surface area contributed by atoms with Crippen LogP contribution in [0.25, 0.3) is 22.4 Å². The van der Waals surface area contributed by atoms with Gasteiger partial charge in [0.05, 0.1) is 0 Å². The van der Waals surface area contributed by atoms with Crippen molar-refractivity contribution >= 4 is 16.6 Å².